The second-order valence-electron chi connectivity index (χ2n) is 5.32. The zero-order valence-electron chi connectivity index (χ0n) is 16.4. The molecule has 4 atom stereocenters. The Kier molecular flexibility index (Phi) is 26.2. The van der Waals surface area contributed by atoms with E-state index < -0.39 is 29.5 Å². The van der Waals surface area contributed by atoms with Crippen molar-refractivity contribution in [3.8, 4) is 0 Å². The van der Waals surface area contributed by atoms with Crippen molar-refractivity contribution in [1.82, 2.24) is 0 Å². The van der Waals surface area contributed by atoms with Crippen molar-refractivity contribution >= 4 is 29.5 Å². The van der Waals surface area contributed by atoms with Crippen molar-refractivity contribution in [2.45, 2.75) is 27.7 Å². The van der Waals surface area contributed by atoms with Crippen molar-refractivity contribution in [2.75, 3.05) is 51.3 Å². The monoisotopic (exact) mass is 476 g/mol. The summed E-state index contributed by atoms with van der Waals surface area (Å²) >= 11 is 0. The number of rotatable bonds is 4. The fourth-order valence-corrected chi connectivity index (χ4v) is 0. The van der Waals surface area contributed by atoms with E-state index in [4.69, 9.17) is 0 Å². The van der Waals surface area contributed by atoms with Gasteiger partial charge in [-0.3, -0.25) is 0 Å². The minimum absolute atomic E-state index is 0. The Morgan fingerprint density at radius 3 is 0.520 bits per heavy atom. The molecule has 0 rings (SSSR count). The van der Waals surface area contributed by atoms with E-state index in [1.54, 1.807) is 27.7 Å². The van der Waals surface area contributed by atoms with Gasteiger partial charge in [0, 0.05) is 29.5 Å². The minimum Gasteiger partial charge on any atom is -0.799 e. The number of hydrogen-bond acceptors (Lipinski definition) is 8. The Hall–Kier alpha value is 1.47. The summed E-state index contributed by atoms with van der Waals surface area (Å²) in [6, 6.07) is 0. The summed E-state index contributed by atoms with van der Waals surface area (Å²) in [7, 11) is -11.6. The fraction of sp³-hybridized carbons (Fsp3) is 1.00. The maximum Gasteiger partial charge on any atom is 4.00 e. The Bertz CT molecular complexity index is 386. The molecule has 4 unspecified atom stereocenters. The second-order valence-corrected chi connectivity index (χ2v) is 16.0. The summed E-state index contributed by atoms with van der Waals surface area (Å²) in [5, 5.41) is 0. The van der Waals surface area contributed by atoms with Crippen LogP contribution in [0.5, 0.6) is 0 Å². The Morgan fingerprint density at radius 1 is 0.480 bits per heavy atom. The minimum atomic E-state index is -2.90. The van der Waals surface area contributed by atoms with Gasteiger partial charge in [0.1, 0.15) is 0 Å². The average molecular weight is 476 g/mol. The van der Waals surface area contributed by atoms with Crippen LogP contribution in [-0.2, 0) is 40.0 Å². The topological polar surface area (TPSA) is 161 Å². The van der Waals surface area contributed by atoms with E-state index in [1.807, 2.05) is 0 Å². The molecule has 0 saturated heterocycles. The standard InChI is InChI=1S/4C3H9O2P.Ti/c4*1-3-6(2,4)5;/h4*3H2,1-2H3,(H,4,5);/q;;;;+4/p-4. The molecule has 0 aliphatic heterocycles. The van der Waals surface area contributed by atoms with Gasteiger partial charge >= 0.3 is 21.7 Å². The first-order valence-corrected chi connectivity index (χ1v) is 16.4. The Labute approximate surface area is 167 Å². The number of hydrogen-bond donors (Lipinski definition) is 0. The Morgan fingerprint density at radius 2 is 0.520 bits per heavy atom. The van der Waals surface area contributed by atoms with Crippen LogP contribution in [0, 0.1) is 0 Å². The molecular weight excluding hydrogens is 444 g/mol. The molecule has 0 radical (unpaired) electrons. The van der Waals surface area contributed by atoms with Crippen LogP contribution in [0.4, 0.5) is 0 Å². The van der Waals surface area contributed by atoms with Crippen molar-refractivity contribution in [2.24, 2.45) is 0 Å². The first-order valence-electron chi connectivity index (χ1n) is 7.34. The third kappa shape index (κ3) is 77.3. The summed E-state index contributed by atoms with van der Waals surface area (Å²) in [6.45, 7) is 11.5. The van der Waals surface area contributed by atoms with E-state index in [-0.39, 0.29) is 46.4 Å². The summed E-state index contributed by atoms with van der Waals surface area (Å²) in [5.41, 5.74) is 0. The average Bonchev–Trinajstić information content (AvgIpc) is 2.37. The molecule has 0 aromatic heterocycles. The van der Waals surface area contributed by atoms with E-state index in [2.05, 4.69) is 0 Å². The molecule has 13 heteroatoms. The van der Waals surface area contributed by atoms with E-state index in [1.165, 1.54) is 26.7 Å². The van der Waals surface area contributed by atoms with Gasteiger partial charge in [-0.25, -0.2) is 0 Å². The largest absolute Gasteiger partial charge is 4.00 e. The van der Waals surface area contributed by atoms with Gasteiger partial charge in [-0.15, -0.1) is 0 Å². The maximum absolute atomic E-state index is 10.0. The second kappa shape index (κ2) is 17.6. The zero-order chi connectivity index (χ0) is 20.8. The van der Waals surface area contributed by atoms with Crippen molar-refractivity contribution in [1.29, 1.82) is 0 Å². The first-order chi connectivity index (χ1) is 10.2. The van der Waals surface area contributed by atoms with E-state index in [9.17, 15) is 37.8 Å². The molecule has 0 aromatic carbocycles. The molecule has 0 aliphatic carbocycles. The van der Waals surface area contributed by atoms with Gasteiger partial charge in [-0.2, -0.15) is 0 Å². The van der Waals surface area contributed by atoms with Gasteiger partial charge in [0.25, 0.3) is 0 Å². The van der Waals surface area contributed by atoms with Gasteiger partial charge in [0.15, 0.2) is 0 Å². The molecule has 25 heavy (non-hydrogen) atoms. The molecule has 152 valence electrons. The molecule has 0 bridgehead atoms. The van der Waals surface area contributed by atoms with Gasteiger partial charge in [-0.05, 0) is 51.3 Å². The van der Waals surface area contributed by atoms with E-state index in [0.29, 0.717) is 0 Å². The normalized spacial score (nSPS) is 19.0. The van der Waals surface area contributed by atoms with Crippen LogP contribution in [0.25, 0.3) is 0 Å². The van der Waals surface area contributed by atoms with Crippen LogP contribution in [0.15, 0.2) is 0 Å². The third-order valence-electron chi connectivity index (χ3n) is 2.30. The van der Waals surface area contributed by atoms with Crippen LogP contribution in [0.1, 0.15) is 27.7 Å². The van der Waals surface area contributed by atoms with Crippen LogP contribution >= 0.6 is 29.5 Å². The molecule has 0 saturated carbocycles. The smallest absolute Gasteiger partial charge is 0.799 e. The van der Waals surface area contributed by atoms with Crippen LogP contribution in [-0.4, -0.2) is 51.3 Å². The molecule has 0 N–H and O–H groups in total. The maximum atomic E-state index is 10.0. The quantitative estimate of drug-likeness (QED) is 0.431. The predicted molar refractivity (Wildman–Crippen MR) is 96.3 cm³/mol. The molecule has 0 aromatic rings. The van der Waals surface area contributed by atoms with Gasteiger partial charge in [0.05, 0.1) is 0 Å². The molecule has 8 nitrogen and oxygen atoms in total. The predicted octanol–water partition coefficient (Wildman–Crippen LogP) is 1.10. The summed E-state index contributed by atoms with van der Waals surface area (Å²) < 4.78 is 40.1. The molecular formula is C12H32O8P4Ti. The zero-order valence-corrected chi connectivity index (χ0v) is 21.5. The van der Waals surface area contributed by atoms with Crippen LogP contribution < -0.4 is 19.6 Å². The van der Waals surface area contributed by atoms with Crippen molar-refractivity contribution in [3.63, 3.8) is 0 Å². The van der Waals surface area contributed by atoms with Crippen LogP contribution in [0.2, 0.25) is 0 Å². The summed E-state index contributed by atoms with van der Waals surface area (Å²) in [5.74, 6) is 0. The molecule has 0 fully saturated rings. The van der Waals surface area contributed by atoms with Gasteiger partial charge in [-0.1, -0.05) is 27.7 Å². The van der Waals surface area contributed by atoms with Crippen molar-refractivity contribution < 1.29 is 59.6 Å². The van der Waals surface area contributed by atoms with Gasteiger partial charge in [0.2, 0.25) is 0 Å². The molecule has 0 heterocycles. The summed E-state index contributed by atoms with van der Waals surface area (Å²) in [6.07, 6.45) is 1.08. The van der Waals surface area contributed by atoms with E-state index in [0.717, 1.165) is 0 Å². The molecule has 0 aliphatic rings. The Balaban J connectivity index is -0.0000000702. The fourth-order valence-electron chi connectivity index (χ4n) is 0. The van der Waals surface area contributed by atoms with E-state index >= 15 is 0 Å². The molecule has 0 spiro atoms. The van der Waals surface area contributed by atoms with Crippen molar-refractivity contribution in [3.05, 3.63) is 0 Å². The first kappa shape index (κ1) is 37.3. The SMILES string of the molecule is CCP(C)(=O)[O-].CCP(C)(=O)[O-].CCP(C)(=O)[O-].CCP(C)(=O)[O-].[Ti+4]. The molecule has 0 amide bonds. The summed E-state index contributed by atoms with van der Waals surface area (Å²) in [4.78, 5) is 40.1. The van der Waals surface area contributed by atoms with Gasteiger partial charge < -0.3 is 37.8 Å². The third-order valence-corrected chi connectivity index (χ3v) is 6.89. The van der Waals surface area contributed by atoms with Crippen LogP contribution in [0.3, 0.4) is 0 Å².